The lowest BCUT2D eigenvalue weighted by molar-refractivity contribution is 0.124. The molecule has 2 saturated heterocycles. The molecule has 0 saturated carbocycles. The van der Waals surface area contributed by atoms with Crippen LogP contribution in [-0.4, -0.2) is 66.1 Å². The van der Waals surface area contributed by atoms with E-state index in [2.05, 4.69) is 10.2 Å². The molecule has 0 atom stereocenters. The monoisotopic (exact) mass is 365 g/mol. The number of urea groups is 1. The van der Waals surface area contributed by atoms with Crippen molar-refractivity contribution in [2.45, 2.75) is 31.7 Å². The third-order valence-corrected chi connectivity index (χ3v) is 6.09. The number of carbonyl (C=O) groups excluding carboxylic acids is 1. The van der Waals surface area contributed by atoms with E-state index >= 15 is 0 Å². The van der Waals surface area contributed by atoms with Gasteiger partial charge in [0.05, 0.1) is 0 Å². The van der Waals surface area contributed by atoms with Gasteiger partial charge in [0.1, 0.15) is 5.82 Å². The molecule has 0 aromatic heterocycles. The number of likely N-dealkylation sites (tertiary alicyclic amines) is 1. The van der Waals surface area contributed by atoms with Gasteiger partial charge in [-0.15, -0.1) is 0 Å². The SMILES string of the molecule is O=C(NCCCc1ccc(F)cc1)N1CCC(N2CCSCC2)CC1. The van der Waals surface area contributed by atoms with E-state index in [0.717, 1.165) is 44.3 Å². The van der Waals surface area contributed by atoms with Gasteiger partial charge >= 0.3 is 6.03 Å². The number of benzene rings is 1. The first-order valence-electron chi connectivity index (χ1n) is 9.31. The predicted molar refractivity (Wildman–Crippen MR) is 102 cm³/mol. The van der Waals surface area contributed by atoms with Crippen LogP contribution < -0.4 is 5.32 Å². The summed E-state index contributed by atoms with van der Waals surface area (Å²) >= 11 is 2.04. The lowest BCUT2D eigenvalue weighted by Crippen LogP contribution is -2.51. The van der Waals surface area contributed by atoms with Crippen molar-refractivity contribution in [3.63, 3.8) is 0 Å². The molecule has 0 unspecified atom stereocenters. The summed E-state index contributed by atoms with van der Waals surface area (Å²) < 4.78 is 12.9. The Morgan fingerprint density at radius 2 is 1.80 bits per heavy atom. The Labute approximate surface area is 154 Å². The van der Waals surface area contributed by atoms with E-state index in [9.17, 15) is 9.18 Å². The van der Waals surface area contributed by atoms with Crippen molar-refractivity contribution >= 4 is 17.8 Å². The molecule has 1 aromatic rings. The van der Waals surface area contributed by atoms with Crippen molar-refractivity contribution < 1.29 is 9.18 Å². The van der Waals surface area contributed by atoms with E-state index < -0.39 is 0 Å². The molecule has 1 aromatic carbocycles. The Hall–Kier alpha value is -1.27. The average Bonchev–Trinajstić information content (AvgIpc) is 2.67. The number of aryl methyl sites for hydroxylation is 1. The van der Waals surface area contributed by atoms with Crippen molar-refractivity contribution in [3.8, 4) is 0 Å². The molecule has 138 valence electrons. The van der Waals surface area contributed by atoms with Crippen LogP contribution in [0.2, 0.25) is 0 Å². The second kappa shape index (κ2) is 9.43. The molecular formula is C19H28FN3OS. The Morgan fingerprint density at radius 3 is 2.48 bits per heavy atom. The quantitative estimate of drug-likeness (QED) is 0.815. The largest absolute Gasteiger partial charge is 0.338 e. The summed E-state index contributed by atoms with van der Waals surface area (Å²) in [6.07, 6.45) is 3.91. The van der Waals surface area contributed by atoms with Crippen molar-refractivity contribution in [2.24, 2.45) is 0 Å². The standard InChI is InChI=1S/C19H28FN3OS/c20-17-5-3-16(4-6-17)2-1-9-21-19(24)23-10-7-18(8-11-23)22-12-14-25-15-13-22/h3-6,18H,1-2,7-15H2,(H,21,24). The first-order chi connectivity index (χ1) is 12.2. The number of nitrogens with one attached hydrogen (secondary N) is 1. The van der Waals surface area contributed by atoms with Crippen LogP contribution >= 0.6 is 11.8 Å². The first-order valence-corrected chi connectivity index (χ1v) is 10.5. The van der Waals surface area contributed by atoms with E-state index in [4.69, 9.17) is 0 Å². The Balaban J connectivity index is 1.31. The lowest BCUT2D eigenvalue weighted by atomic mass is 10.0. The molecule has 0 spiro atoms. The van der Waals surface area contributed by atoms with Crippen molar-refractivity contribution in [2.75, 3.05) is 44.2 Å². The van der Waals surface area contributed by atoms with Crippen LogP contribution in [0.1, 0.15) is 24.8 Å². The van der Waals surface area contributed by atoms with Crippen molar-refractivity contribution in [3.05, 3.63) is 35.6 Å². The van der Waals surface area contributed by atoms with Crippen LogP contribution in [0.3, 0.4) is 0 Å². The van der Waals surface area contributed by atoms with E-state index in [1.165, 1.54) is 36.7 Å². The summed E-state index contributed by atoms with van der Waals surface area (Å²) in [6.45, 7) is 4.78. The van der Waals surface area contributed by atoms with Gasteiger partial charge in [0.2, 0.25) is 0 Å². The number of amides is 2. The van der Waals surface area contributed by atoms with Gasteiger partial charge in [-0.1, -0.05) is 12.1 Å². The minimum absolute atomic E-state index is 0.0618. The van der Waals surface area contributed by atoms with Crippen LogP contribution in [0.15, 0.2) is 24.3 Å². The third-order valence-electron chi connectivity index (χ3n) is 5.15. The molecule has 0 aliphatic carbocycles. The normalized spacial score (nSPS) is 19.8. The average molecular weight is 366 g/mol. The summed E-state index contributed by atoms with van der Waals surface area (Å²) in [5.41, 5.74) is 1.11. The van der Waals surface area contributed by atoms with Crippen LogP contribution in [0.25, 0.3) is 0 Å². The molecule has 2 aliphatic heterocycles. The smallest absolute Gasteiger partial charge is 0.317 e. The van der Waals surface area contributed by atoms with Crippen LogP contribution in [0, 0.1) is 5.82 Å². The molecule has 1 N–H and O–H groups in total. The summed E-state index contributed by atoms with van der Waals surface area (Å²) in [4.78, 5) is 16.8. The predicted octanol–water partition coefficient (Wildman–Crippen LogP) is 2.98. The molecule has 6 heteroatoms. The van der Waals surface area contributed by atoms with Gasteiger partial charge in [0.25, 0.3) is 0 Å². The van der Waals surface area contributed by atoms with Crippen LogP contribution in [0.5, 0.6) is 0 Å². The van der Waals surface area contributed by atoms with Gasteiger partial charge < -0.3 is 10.2 Å². The number of carbonyl (C=O) groups is 1. The van der Waals surface area contributed by atoms with Gasteiger partial charge in [0.15, 0.2) is 0 Å². The number of halogens is 1. The second-order valence-electron chi connectivity index (χ2n) is 6.83. The Kier molecular flexibility index (Phi) is 6.99. The summed E-state index contributed by atoms with van der Waals surface area (Å²) in [5.74, 6) is 2.28. The van der Waals surface area contributed by atoms with E-state index in [0.29, 0.717) is 12.6 Å². The van der Waals surface area contributed by atoms with E-state index in [-0.39, 0.29) is 11.8 Å². The fourth-order valence-electron chi connectivity index (χ4n) is 3.63. The molecule has 2 aliphatic rings. The highest BCUT2D eigenvalue weighted by Crippen LogP contribution is 2.20. The van der Waals surface area contributed by atoms with Crippen molar-refractivity contribution in [1.29, 1.82) is 0 Å². The Bertz CT molecular complexity index is 540. The highest BCUT2D eigenvalue weighted by molar-refractivity contribution is 7.99. The fraction of sp³-hybridized carbons (Fsp3) is 0.632. The maximum Gasteiger partial charge on any atom is 0.317 e. The number of nitrogens with zero attached hydrogens (tertiary/aromatic N) is 2. The second-order valence-corrected chi connectivity index (χ2v) is 8.05. The maximum absolute atomic E-state index is 12.9. The third kappa shape index (κ3) is 5.61. The lowest BCUT2D eigenvalue weighted by Gasteiger charge is -2.40. The maximum atomic E-state index is 12.9. The minimum Gasteiger partial charge on any atom is -0.338 e. The highest BCUT2D eigenvalue weighted by atomic mass is 32.2. The van der Waals surface area contributed by atoms with Crippen LogP contribution in [-0.2, 0) is 6.42 Å². The zero-order chi connectivity index (χ0) is 17.5. The van der Waals surface area contributed by atoms with Gasteiger partial charge in [0, 0.05) is 50.3 Å². The number of piperidine rings is 1. The molecule has 0 bridgehead atoms. The first kappa shape index (κ1) is 18.5. The number of hydrogen-bond donors (Lipinski definition) is 1. The molecule has 2 heterocycles. The zero-order valence-corrected chi connectivity index (χ0v) is 15.6. The number of rotatable bonds is 5. The number of hydrogen-bond acceptors (Lipinski definition) is 3. The van der Waals surface area contributed by atoms with E-state index in [1.54, 1.807) is 12.1 Å². The molecular weight excluding hydrogens is 337 g/mol. The zero-order valence-electron chi connectivity index (χ0n) is 14.8. The van der Waals surface area contributed by atoms with Gasteiger partial charge in [-0.25, -0.2) is 9.18 Å². The van der Waals surface area contributed by atoms with Crippen molar-refractivity contribution in [1.82, 2.24) is 15.1 Å². The highest BCUT2D eigenvalue weighted by Gasteiger charge is 2.27. The van der Waals surface area contributed by atoms with Gasteiger partial charge in [-0.3, -0.25) is 4.90 Å². The Morgan fingerprint density at radius 1 is 1.12 bits per heavy atom. The number of thioether (sulfide) groups is 1. The van der Waals surface area contributed by atoms with Crippen LogP contribution in [0.4, 0.5) is 9.18 Å². The molecule has 3 rings (SSSR count). The molecule has 0 radical (unpaired) electrons. The summed E-state index contributed by atoms with van der Waals surface area (Å²) in [5, 5.41) is 3.02. The molecule has 25 heavy (non-hydrogen) atoms. The van der Waals surface area contributed by atoms with Gasteiger partial charge in [-0.05, 0) is 43.4 Å². The summed E-state index contributed by atoms with van der Waals surface area (Å²) in [7, 11) is 0. The summed E-state index contributed by atoms with van der Waals surface area (Å²) in [6, 6.07) is 7.30. The van der Waals surface area contributed by atoms with E-state index in [1.807, 2.05) is 16.7 Å². The minimum atomic E-state index is -0.205. The molecule has 2 amide bonds. The topological polar surface area (TPSA) is 35.6 Å². The van der Waals surface area contributed by atoms with Gasteiger partial charge in [-0.2, -0.15) is 11.8 Å². The fourth-order valence-corrected chi connectivity index (χ4v) is 4.56. The molecule has 2 fully saturated rings. The molecule has 4 nitrogen and oxygen atoms in total.